The summed E-state index contributed by atoms with van der Waals surface area (Å²) in [4.78, 5) is 15.1. The van der Waals surface area contributed by atoms with E-state index in [9.17, 15) is 9.90 Å². The quantitative estimate of drug-likeness (QED) is 0.798. The molecule has 0 radical (unpaired) electrons. The summed E-state index contributed by atoms with van der Waals surface area (Å²) < 4.78 is 11.5. The summed E-state index contributed by atoms with van der Waals surface area (Å²) in [6.45, 7) is 8.46. The molecule has 2 aliphatic heterocycles. The maximum Gasteiger partial charge on any atom is 0.255 e. The second kappa shape index (κ2) is 9.42. The maximum absolute atomic E-state index is 12.8. The minimum Gasteiger partial charge on any atom is -0.490 e. The van der Waals surface area contributed by atoms with Gasteiger partial charge in [-0.25, -0.2) is 0 Å². The molecule has 27 heavy (non-hydrogen) atoms. The maximum atomic E-state index is 12.8. The summed E-state index contributed by atoms with van der Waals surface area (Å²) in [5.74, 6) is 1.10. The molecular weight excluding hydrogens is 344 g/mol. The second-order valence-electron chi connectivity index (χ2n) is 7.67. The van der Waals surface area contributed by atoms with E-state index in [1.54, 1.807) is 0 Å². The number of unbranched alkanes of at least 4 members (excludes halogenated alkanes) is 1. The summed E-state index contributed by atoms with van der Waals surface area (Å²) in [5.41, 5.74) is 1.48. The van der Waals surface area contributed by atoms with Crippen LogP contribution in [-0.4, -0.2) is 61.4 Å². The molecule has 2 heterocycles. The molecule has 150 valence electrons. The van der Waals surface area contributed by atoms with E-state index in [1.165, 1.54) is 6.42 Å². The molecule has 6 nitrogen and oxygen atoms in total. The first kappa shape index (κ1) is 20.0. The van der Waals surface area contributed by atoms with Crippen molar-refractivity contribution in [3.63, 3.8) is 0 Å². The van der Waals surface area contributed by atoms with Crippen molar-refractivity contribution in [3.8, 4) is 11.5 Å². The topological polar surface area (TPSA) is 71.0 Å². The summed E-state index contributed by atoms with van der Waals surface area (Å²) in [6.07, 6.45) is 3.63. The van der Waals surface area contributed by atoms with Crippen molar-refractivity contribution < 1.29 is 19.4 Å². The van der Waals surface area contributed by atoms with Gasteiger partial charge in [0.1, 0.15) is 0 Å². The molecule has 0 aromatic heterocycles. The Labute approximate surface area is 161 Å². The van der Waals surface area contributed by atoms with Crippen molar-refractivity contribution in [2.75, 3.05) is 39.4 Å². The Kier molecular flexibility index (Phi) is 6.96. The molecule has 1 fully saturated rings. The molecule has 1 aromatic rings. The summed E-state index contributed by atoms with van der Waals surface area (Å²) >= 11 is 0. The monoisotopic (exact) mass is 376 g/mol. The fraction of sp³-hybridized carbons (Fsp3) is 0.667. The lowest BCUT2D eigenvalue weighted by molar-refractivity contribution is 0.0217. The zero-order valence-corrected chi connectivity index (χ0v) is 16.5. The third kappa shape index (κ3) is 5.14. The van der Waals surface area contributed by atoms with Gasteiger partial charge in [0.15, 0.2) is 11.5 Å². The van der Waals surface area contributed by atoms with Crippen LogP contribution in [0.25, 0.3) is 0 Å². The molecule has 2 N–H and O–H groups in total. The Hall–Kier alpha value is -1.79. The minimum atomic E-state index is -0.398. The van der Waals surface area contributed by atoms with E-state index >= 15 is 0 Å². The van der Waals surface area contributed by atoms with Gasteiger partial charge in [0.2, 0.25) is 0 Å². The van der Waals surface area contributed by atoms with Gasteiger partial charge in [-0.1, -0.05) is 13.3 Å². The van der Waals surface area contributed by atoms with E-state index < -0.39 is 6.10 Å². The Morgan fingerprint density at radius 3 is 2.93 bits per heavy atom. The van der Waals surface area contributed by atoms with Gasteiger partial charge in [-0.2, -0.15) is 0 Å². The highest BCUT2D eigenvalue weighted by Crippen LogP contribution is 2.34. The van der Waals surface area contributed by atoms with E-state index in [2.05, 4.69) is 17.1 Å². The van der Waals surface area contributed by atoms with Crippen LogP contribution < -0.4 is 14.8 Å². The SMILES string of the molecule is CCCCN1CC[C@@H](CNC(=O)c2cc(C)cc3c2OCCCO3)C(O)C1. The average molecular weight is 376 g/mol. The number of nitrogens with zero attached hydrogens (tertiary/aromatic N) is 1. The van der Waals surface area contributed by atoms with E-state index in [-0.39, 0.29) is 11.8 Å². The molecule has 1 saturated heterocycles. The third-order valence-electron chi connectivity index (χ3n) is 5.39. The number of hydrogen-bond donors (Lipinski definition) is 2. The number of piperidine rings is 1. The van der Waals surface area contributed by atoms with Gasteiger partial charge in [-0.05, 0) is 50.6 Å². The number of hydrogen-bond acceptors (Lipinski definition) is 5. The van der Waals surface area contributed by atoms with Gasteiger partial charge < -0.3 is 24.8 Å². The van der Waals surface area contributed by atoms with E-state index in [0.717, 1.165) is 37.9 Å². The number of aryl methyl sites for hydroxylation is 1. The number of amides is 1. The van der Waals surface area contributed by atoms with Crippen LogP contribution in [0.2, 0.25) is 0 Å². The highest BCUT2D eigenvalue weighted by Gasteiger charge is 2.28. The van der Waals surface area contributed by atoms with Crippen LogP contribution in [0.4, 0.5) is 0 Å². The van der Waals surface area contributed by atoms with Crippen molar-refractivity contribution in [2.24, 2.45) is 5.92 Å². The first-order valence-electron chi connectivity index (χ1n) is 10.2. The zero-order valence-electron chi connectivity index (χ0n) is 16.5. The van der Waals surface area contributed by atoms with Crippen LogP contribution in [0.15, 0.2) is 12.1 Å². The molecule has 0 bridgehead atoms. The molecule has 6 heteroatoms. The standard InChI is InChI=1S/C21H32N2O4/c1-3-4-7-23-8-6-16(18(24)14-23)13-22-21(25)17-11-15(2)12-19-20(17)27-10-5-9-26-19/h11-12,16,18,24H,3-10,13-14H2,1-2H3,(H,22,25)/t16-,18?/m0/s1. The number of ether oxygens (including phenoxy) is 2. The van der Waals surface area contributed by atoms with Crippen molar-refractivity contribution in [1.29, 1.82) is 0 Å². The lowest BCUT2D eigenvalue weighted by Gasteiger charge is -2.36. The number of β-amino-alcohol motifs (C(OH)–C–C–N with tert-alkyl or cyclic N) is 1. The van der Waals surface area contributed by atoms with Crippen molar-refractivity contribution in [1.82, 2.24) is 10.2 Å². The predicted octanol–water partition coefficient (Wildman–Crippen LogP) is 2.37. The predicted molar refractivity (Wildman–Crippen MR) is 105 cm³/mol. The number of likely N-dealkylation sites (tertiary alicyclic amines) is 1. The highest BCUT2D eigenvalue weighted by molar-refractivity contribution is 5.98. The van der Waals surface area contributed by atoms with Crippen LogP contribution in [-0.2, 0) is 0 Å². The molecule has 0 aliphatic carbocycles. The average Bonchev–Trinajstić information content (AvgIpc) is 2.90. The molecule has 0 saturated carbocycles. The van der Waals surface area contributed by atoms with Crippen LogP contribution in [0, 0.1) is 12.8 Å². The second-order valence-corrected chi connectivity index (χ2v) is 7.67. The van der Waals surface area contributed by atoms with E-state index in [4.69, 9.17) is 9.47 Å². The highest BCUT2D eigenvalue weighted by atomic mass is 16.5. The van der Waals surface area contributed by atoms with Gasteiger partial charge in [0.05, 0.1) is 24.9 Å². The Morgan fingerprint density at radius 1 is 1.33 bits per heavy atom. The fourth-order valence-electron chi connectivity index (χ4n) is 3.77. The van der Waals surface area contributed by atoms with Gasteiger partial charge in [0, 0.05) is 25.4 Å². The number of nitrogens with one attached hydrogen (secondary N) is 1. The van der Waals surface area contributed by atoms with Crippen LogP contribution >= 0.6 is 0 Å². The fourth-order valence-corrected chi connectivity index (χ4v) is 3.77. The van der Waals surface area contributed by atoms with E-state index in [0.29, 0.717) is 43.4 Å². The summed E-state index contributed by atoms with van der Waals surface area (Å²) in [5, 5.41) is 13.5. The van der Waals surface area contributed by atoms with Gasteiger partial charge in [-0.15, -0.1) is 0 Å². The molecule has 2 aliphatic rings. The van der Waals surface area contributed by atoms with Crippen molar-refractivity contribution in [2.45, 2.75) is 45.6 Å². The number of rotatable bonds is 6. The number of fused-ring (bicyclic) bond motifs is 1. The van der Waals surface area contributed by atoms with Crippen molar-refractivity contribution in [3.05, 3.63) is 23.3 Å². The van der Waals surface area contributed by atoms with Gasteiger partial charge in [0.25, 0.3) is 5.91 Å². The molecule has 2 atom stereocenters. The van der Waals surface area contributed by atoms with Crippen molar-refractivity contribution >= 4 is 5.91 Å². The number of aliphatic hydroxyl groups excluding tert-OH is 1. The third-order valence-corrected chi connectivity index (χ3v) is 5.39. The number of carbonyl (C=O) groups is 1. The zero-order chi connectivity index (χ0) is 19.2. The Bertz CT molecular complexity index is 649. The molecule has 1 amide bonds. The normalized spacial score (nSPS) is 22.9. The first-order valence-corrected chi connectivity index (χ1v) is 10.2. The number of carbonyl (C=O) groups excluding carboxylic acids is 1. The van der Waals surface area contributed by atoms with Gasteiger partial charge in [-0.3, -0.25) is 4.79 Å². The first-order chi connectivity index (χ1) is 13.1. The Balaban J connectivity index is 1.59. The van der Waals surface area contributed by atoms with Crippen LogP contribution in [0.1, 0.15) is 48.5 Å². The van der Waals surface area contributed by atoms with Gasteiger partial charge >= 0.3 is 0 Å². The smallest absolute Gasteiger partial charge is 0.255 e. The summed E-state index contributed by atoms with van der Waals surface area (Å²) in [6, 6.07) is 3.75. The summed E-state index contributed by atoms with van der Waals surface area (Å²) in [7, 11) is 0. The Morgan fingerprint density at radius 2 is 2.15 bits per heavy atom. The molecule has 1 unspecified atom stereocenters. The molecular formula is C21H32N2O4. The molecule has 1 aromatic carbocycles. The lowest BCUT2D eigenvalue weighted by atomic mass is 9.93. The number of aliphatic hydroxyl groups is 1. The van der Waals surface area contributed by atoms with E-state index in [1.807, 2.05) is 19.1 Å². The van der Waals surface area contributed by atoms with Crippen LogP contribution in [0.5, 0.6) is 11.5 Å². The molecule has 0 spiro atoms. The van der Waals surface area contributed by atoms with Crippen LogP contribution in [0.3, 0.4) is 0 Å². The number of benzene rings is 1. The minimum absolute atomic E-state index is 0.0902. The largest absolute Gasteiger partial charge is 0.490 e. The molecule has 3 rings (SSSR count). The lowest BCUT2D eigenvalue weighted by Crippen LogP contribution is -2.47.